The zero-order valence-electron chi connectivity index (χ0n) is 10.8. The summed E-state index contributed by atoms with van der Waals surface area (Å²) in [6.45, 7) is 0.593. The Morgan fingerprint density at radius 2 is 2.26 bits per heavy atom. The monoisotopic (exact) mass is 259 g/mol. The number of aromatic nitrogens is 2. The Morgan fingerprint density at radius 3 is 3.00 bits per heavy atom. The van der Waals surface area contributed by atoms with Crippen LogP contribution in [0.3, 0.4) is 0 Å². The van der Waals surface area contributed by atoms with E-state index in [0.29, 0.717) is 13.0 Å². The third kappa shape index (κ3) is 3.84. The number of imidazole rings is 1. The molecule has 0 aliphatic rings. The van der Waals surface area contributed by atoms with E-state index in [1.165, 1.54) is 0 Å². The molecular formula is C14H17N3O2. The lowest BCUT2D eigenvalue weighted by molar-refractivity contribution is -0.120. The maximum Gasteiger partial charge on any atom is 0.224 e. The highest BCUT2D eigenvalue weighted by molar-refractivity contribution is 5.79. The van der Waals surface area contributed by atoms with E-state index in [1.807, 2.05) is 24.3 Å². The molecule has 2 N–H and O–H groups in total. The minimum absolute atomic E-state index is 0.0102. The third-order valence-electron chi connectivity index (χ3n) is 2.81. The summed E-state index contributed by atoms with van der Waals surface area (Å²) in [7, 11) is 1.61. The zero-order chi connectivity index (χ0) is 13.5. The lowest BCUT2D eigenvalue weighted by Gasteiger charge is -2.08. The van der Waals surface area contributed by atoms with E-state index in [9.17, 15) is 4.79 Å². The van der Waals surface area contributed by atoms with Gasteiger partial charge in [-0.1, -0.05) is 18.2 Å². The van der Waals surface area contributed by atoms with Crippen LogP contribution in [-0.2, 0) is 17.6 Å². The van der Waals surface area contributed by atoms with Gasteiger partial charge in [0.25, 0.3) is 0 Å². The van der Waals surface area contributed by atoms with Gasteiger partial charge >= 0.3 is 0 Å². The van der Waals surface area contributed by atoms with Gasteiger partial charge in [0, 0.05) is 30.4 Å². The first-order chi connectivity index (χ1) is 9.29. The van der Waals surface area contributed by atoms with Gasteiger partial charge in [-0.25, -0.2) is 4.98 Å². The number of rotatable bonds is 6. The minimum Gasteiger partial charge on any atom is -0.496 e. The van der Waals surface area contributed by atoms with E-state index in [2.05, 4.69) is 15.3 Å². The van der Waals surface area contributed by atoms with Crippen LogP contribution in [0.4, 0.5) is 0 Å². The largest absolute Gasteiger partial charge is 0.496 e. The number of carbonyl (C=O) groups excluding carboxylic acids is 1. The van der Waals surface area contributed by atoms with Crippen molar-refractivity contribution in [1.82, 2.24) is 15.3 Å². The van der Waals surface area contributed by atoms with Crippen molar-refractivity contribution in [2.75, 3.05) is 13.7 Å². The molecule has 0 aliphatic heterocycles. The second-order valence-corrected chi connectivity index (χ2v) is 4.17. The van der Waals surface area contributed by atoms with Crippen LogP contribution >= 0.6 is 0 Å². The summed E-state index contributed by atoms with van der Waals surface area (Å²) in [6, 6.07) is 7.54. The van der Waals surface area contributed by atoms with Gasteiger partial charge in [-0.15, -0.1) is 0 Å². The minimum atomic E-state index is -0.0102. The number of H-pyrrole nitrogens is 1. The van der Waals surface area contributed by atoms with Crippen molar-refractivity contribution >= 4 is 5.91 Å². The fourth-order valence-corrected chi connectivity index (χ4v) is 1.84. The standard InChI is InChI=1S/C14H17N3O2/c1-19-13-5-3-2-4-11(13)8-14(18)16-7-6-12-9-15-10-17-12/h2-5,9-10H,6-8H2,1H3,(H,15,17)(H,16,18). The summed E-state index contributed by atoms with van der Waals surface area (Å²) in [4.78, 5) is 18.7. The smallest absolute Gasteiger partial charge is 0.224 e. The summed E-state index contributed by atoms with van der Waals surface area (Å²) < 4.78 is 5.22. The third-order valence-corrected chi connectivity index (χ3v) is 2.81. The summed E-state index contributed by atoms with van der Waals surface area (Å²) in [5, 5.41) is 2.88. The highest BCUT2D eigenvalue weighted by Gasteiger charge is 2.07. The molecule has 1 aromatic heterocycles. The van der Waals surface area contributed by atoms with Gasteiger partial charge in [0.2, 0.25) is 5.91 Å². The molecule has 5 nitrogen and oxygen atoms in total. The molecule has 0 saturated heterocycles. The maximum absolute atomic E-state index is 11.8. The summed E-state index contributed by atoms with van der Waals surface area (Å²) in [6.07, 6.45) is 4.46. The van der Waals surface area contributed by atoms with Gasteiger partial charge in [0.1, 0.15) is 5.75 Å². The van der Waals surface area contributed by atoms with Gasteiger partial charge in [-0.05, 0) is 6.07 Å². The lowest BCUT2D eigenvalue weighted by Crippen LogP contribution is -2.27. The first kappa shape index (κ1) is 13.1. The average Bonchev–Trinajstić information content (AvgIpc) is 2.92. The number of nitrogens with one attached hydrogen (secondary N) is 2. The Bertz CT molecular complexity index is 523. The van der Waals surface area contributed by atoms with Crippen LogP contribution < -0.4 is 10.1 Å². The van der Waals surface area contributed by atoms with Crippen molar-refractivity contribution in [3.8, 4) is 5.75 Å². The first-order valence-corrected chi connectivity index (χ1v) is 6.15. The number of nitrogens with zero attached hydrogens (tertiary/aromatic N) is 1. The Balaban J connectivity index is 1.80. The van der Waals surface area contributed by atoms with Crippen LogP contribution in [0.2, 0.25) is 0 Å². The normalized spacial score (nSPS) is 10.2. The second-order valence-electron chi connectivity index (χ2n) is 4.17. The first-order valence-electron chi connectivity index (χ1n) is 6.15. The predicted molar refractivity (Wildman–Crippen MR) is 72.0 cm³/mol. The average molecular weight is 259 g/mol. The van der Waals surface area contributed by atoms with Crippen molar-refractivity contribution in [3.05, 3.63) is 48.0 Å². The number of ether oxygens (including phenoxy) is 1. The van der Waals surface area contributed by atoms with Crippen molar-refractivity contribution in [1.29, 1.82) is 0 Å². The van der Waals surface area contributed by atoms with Crippen LogP contribution in [0.25, 0.3) is 0 Å². The topological polar surface area (TPSA) is 67.0 Å². The molecule has 0 atom stereocenters. The number of para-hydroxylation sites is 1. The summed E-state index contributed by atoms with van der Waals surface area (Å²) >= 11 is 0. The van der Waals surface area contributed by atoms with Crippen molar-refractivity contribution in [2.24, 2.45) is 0 Å². The number of aromatic amines is 1. The van der Waals surface area contributed by atoms with Crippen molar-refractivity contribution < 1.29 is 9.53 Å². The predicted octanol–water partition coefficient (Wildman–Crippen LogP) is 1.32. The number of methoxy groups -OCH3 is 1. The van der Waals surface area contributed by atoms with Gasteiger partial charge in [0.15, 0.2) is 0 Å². The molecule has 0 aliphatic carbocycles. The number of hydrogen-bond acceptors (Lipinski definition) is 3. The number of amides is 1. The molecule has 0 radical (unpaired) electrons. The Labute approximate surface area is 112 Å². The molecule has 1 amide bonds. The SMILES string of the molecule is COc1ccccc1CC(=O)NCCc1cnc[nH]1. The highest BCUT2D eigenvalue weighted by Crippen LogP contribution is 2.17. The van der Waals surface area contributed by atoms with Gasteiger partial charge in [-0.3, -0.25) is 4.79 Å². The Morgan fingerprint density at radius 1 is 1.42 bits per heavy atom. The van der Waals surface area contributed by atoms with E-state index in [1.54, 1.807) is 19.6 Å². The highest BCUT2D eigenvalue weighted by atomic mass is 16.5. The van der Waals surface area contributed by atoms with Gasteiger partial charge in [0.05, 0.1) is 19.9 Å². The molecule has 0 fully saturated rings. The summed E-state index contributed by atoms with van der Waals surface area (Å²) in [5.41, 5.74) is 1.90. The van der Waals surface area contributed by atoms with Crippen molar-refractivity contribution in [2.45, 2.75) is 12.8 Å². The lowest BCUT2D eigenvalue weighted by atomic mass is 10.1. The number of hydrogen-bond donors (Lipinski definition) is 2. The number of benzene rings is 1. The fourth-order valence-electron chi connectivity index (χ4n) is 1.84. The van der Waals surface area contributed by atoms with Crippen LogP contribution in [0, 0.1) is 0 Å². The molecule has 19 heavy (non-hydrogen) atoms. The molecule has 1 heterocycles. The fraction of sp³-hybridized carbons (Fsp3) is 0.286. The van der Waals surface area contributed by atoms with E-state index < -0.39 is 0 Å². The van der Waals surface area contributed by atoms with E-state index in [4.69, 9.17) is 4.74 Å². The van der Waals surface area contributed by atoms with E-state index in [-0.39, 0.29) is 5.91 Å². The second kappa shape index (κ2) is 6.58. The van der Waals surface area contributed by atoms with Crippen LogP contribution in [0.1, 0.15) is 11.3 Å². The molecule has 0 spiro atoms. The van der Waals surface area contributed by atoms with E-state index in [0.717, 1.165) is 23.4 Å². The molecule has 100 valence electrons. The Hall–Kier alpha value is -2.30. The molecule has 2 aromatic rings. The maximum atomic E-state index is 11.8. The number of carbonyl (C=O) groups is 1. The van der Waals surface area contributed by atoms with Crippen LogP contribution in [-0.4, -0.2) is 29.5 Å². The van der Waals surface area contributed by atoms with Crippen molar-refractivity contribution in [3.63, 3.8) is 0 Å². The molecule has 1 aromatic carbocycles. The molecule has 0 saturated carbocycles. The molecule has 0 unspecified atom stereocenters. The quantitative estimate of drug-likeness (QED) is 0.822. The van der Waals surface area contributed by atoms with Gasteiger partial charge in [-0.2, -0.15) is 0 Å². The molecule has 2 rings (SSSR count). The molecule has 5 heteroatoms. The van der Waals surface area contributed by atoms with Gasteiger partial charge < -0.3 is 15.0 Å². The zero-order valence-corrected chi connectivity index (χ0v) is 10.8. The summed E-state index contributed by atoms with van der Waals surface area (Å²) in [5.74, 6) is 0.732. The molecular weight excluding hydrogens is 242 g/mol. The molecule has 0 bridgehead atoms. The van der Waals surface area contributed by atoms with Crippen LogP contribution in [0.5, 0.6) is 5.75 Å². The Kier molecular flexibility index (Phi) is 4.55. The van der Waals surface area contributed by atoms with E-state index >= 15 is 0 Å². The van der Waals surface area contributed by atoms with Crippen LogP contribution in [0.15, 0.2) is 36.8 Å².